The Balaban J connectivity index is 1.56. The first-order valence-corrected chi connectivity index (χ1v) is 8.64. The maximum Gasteiger partial charge on any atom is 0.236 e. The van der Waals surface area contributed by atoms with E-state index in [1.807, 2.05) is 41.3 Å². The van der Waals surface area contributed by atoms with Crippen molar-refractivity contribution in [2.75, 3.05) is 13.2 Å². The Morgan fingerprint density at radius 1 is 1.12 bits per heavy atom. The van der Waals surface area contributed by atoms with Gasteiger partial charge in [-0.1, -0.05) is 47.1 Å². The van der Waals surface area contributed by atoms with Crippen LogP contribution in [0.1, 0.15) is 17.2 Å². The molecule has 0 radical (unpaired) electrons. The third-order valence-electron chi connectivity index (χ3n) is 5.06. The number of benzene rings is 2. The van der Waals surface area contributed by atoms with Crippen LogP contribution in [0.2, 0.25) is 5.02 Å². The number of carbonyl (C=O) groups is 1. The summed E-state index contributed by atoms with van der Waals surface area (Å²) in [5.41, 5.74) is 2.53. The summed E-state index contributed by atoms with van der Waals surface area (Å²) in [6.07, 6.45) is -0.332. The number of fused-ring (bicyclic) bond motifs is 5. The summed E-state index contributed by atoms with van der Waals surface area (Å²) < 4.78 is 5.80. The van der Waals surface area contributed by atoms with Gasteiger partial charge in [0.15, 0.2) is 6.10 Å². The number of amides is 1. The van der Waals surface area contributed by atoms with E-state index in [-0.39, 0.29) is 18.1 Å². The van der Waals surface area contributed by atoms with Crippen molar-refractivity contribution in [1.82, 2.24) is 4.90 Å². The molecule has 2 aromatic rings. The highest BCUT2D eigenvalue weighted by molar-refractivity contribution is 6.30. The predicted octanol–water partition coefficient (Wildman–Crippen LogP) is 3.04. The molecule has 3 heterocycles. The lowest BCUT2D eigenvalue weighted by Crippen LogP contribution is -2.33. The summed E-state index contributed by atoms with van der Waals surface area (Å²) in [4.78, 5) is 20.7. The number of hydrogen-bond donors (Lipinski definition) is 0. The summed E-state index contributed by atoms with van der Waals surface area (Å²) in [6, 6.07) is 15.0. The minimum Gasteiger partial charge on any atom is -0.491 e. The van der Waals surface area contributed by atoms with E-state index < -0.39 is 5.92 Å². The van der Waals surface area contributed by atoms with E-state index in [1.54, 1.807) is 12.1 Å². The van der Waals surface area contributed by atoms with Gasteiger partial charge in [-0.2, -0.15) is 0 Å². The molecule has 0 spiro atoms. The molecular formula is C19H15ClN2O3. The number of oxime groups is 1. The van der Waals surface area contributed by atoms with Crippen LogP contribution in [0.3, 0.4) is 0 Å². The molecule has 126 valence electrons. The molecule has 3 atom stereocenters. The topological polar surface area (TPSA) is 51.1 Å². The number of hydrogen-bond acceptors (Lipinski definition) is 4. The first kappa shape index (κ1) is 14.8. The normalized spacial score (nSPS) is 26.8. The monoisotopic (exact) mass is 354 g/mol. The number of nitrogens with zero attached hydrogens (tertiary/aromatic N) is 2. The molecule has 0 bridgehead atoms. The maximum atomic E-state index is 13.1. The van der Waals surface area contributed by atoms with E-state index in [4.69, 9.17) is 21.2 Å². The average Bonchev–Trinajstić information content (AvgIpc) is 3.09. The number of ether oxygens (including phenoxy) is 1. The lowest BCUT2D eigenvalue weighted by atomic mass is 9.90. The summed E-state index contributed by atoms with van der Waals surface area (Å²) >= 11 is 5.97. The molecule has 0 unspecified atom stereocenters. The van der Waals surface area contributed by atoms with Crippen molar-refractivity contribution in [3.05, 3.63) is 64.7 Å². The van der Waals surface area contributed by atoms with Crippen molar-refractivity contribution in [2.24, 2.45) is 11.1 Å². The summed E-state index contributed by atoms with van der Waals surface area (Å²) in [6.45, 7) is 1.02. The third-order valence-corrected chi connectivity index (χ3v) is 5.31. The van der Waals surface area contributed by atoms with E-state index in [9.17, 15) is 4.79 Å². The number of halogens is 1. The van der Waals surface area contributed by atoms with Crippen molar-refractivity contribution >= 4 is 23.2 Å². The Labute approximate surface area is 149 Å². The molecule has 6 heteroatoms. The largest absolute Gasteiger partial charge is 0.491 e. The van der Waals surface area contributed by atoms with Crippen LogP contribution in [0.25, 0.3) is 0 Å². The summed E-state index contributed by atoms with van der Waals surface area (Å²) in [5.74, 6) is 0.464. The van der Waals surface area contributed by atoms with E-state index in [0.29, 0.717) is 23.9 Å². The molecule has 0 aromatic heterocycles. The molecule has 25 heavy (non-hydrogen) atoms. The van der Waals surface area contributed by atoms with Gasteiger partial charge in [0.25, 0.3) is 0 Å². The van der Waals surface area contributed by atoms with Crippen LogP contribution in [-0.2, 0) is 9.63 Å². The number of carbonyl (C=O) groups excluding carboxylic acids is 1. The van der Waals surface area contributed by atoms with Gasteiger partial charge in [0.05, 0.1) is 6.54 Å². The first-order valence-electron chi connectivity index (χ1n) is 8.26. The zero-order valence-electron chi connectivity index (χ0n) is 13.3. The van der Waals surface area contributed by atoms with Gasteiger partial charge in [0, 0.05) is 16.1 Å². The van der Waals surface area contributed by atoms with Crippen molar-refractivity contribution < 1.29 is 14.4 Å². The lowest BCUT2D eigenvalue weighted by molar-refractivity contribution is -0.130. The van der Waals surface area contributed by atoms with E-state index in [2.05, 4.69) is 5.16 Å². The van der Waals surface area contributed by atoms with Gasteiger partial charge in [-0.15, -0.1) is 0 Å². The van der Waals surface area contributed by atoms with Crippen LogP contribution >= 0.6 is 11.6 Å². The SMILES string of the molecule is O=C1[C@@H]2C(c3ccc(Cl)cc3)=NO[C@@H]2[C@H]2c3ccccc3OCCN12. The highest BCUT2D eigenvalue weighted by atomic mass is 35.5. The maximum absolute atomic E-state index is 13.1. The molecular weight excluding hydrogens is 340 g/mol. The molecule has 0 aliphatic carbocycles. The van der Waals surface area contributed by atoms with Crippen LogP contribution in [-0.4, -0.2) is 35.8 Å². The Morgan fingerprint density at radius 3 is 2.76 bits per heavy atom. The van der Waals surface area contributed by atoms with Crippen molar-refractivity contribution in [3.8, 4) is 5.75 Å². The first-order chi connectivity index (χ1) is 12.2. The summed E-state index contributed by atoms with van der Waals surface area (Å²) in [7, 11) is 0. The van der Waals surface area contributed by atoms with Gasteiger partial charge in [-0.25, -0.2) is 0 Å². The lowest BCUT2D eigenvalue weighted by Gasteiger charge is -2.24. The Bertz CT molecular complexity index is 880. The average molecular weight is 355 g/mol. The highest BCUT2D eigenvalue weighted by Gasteiger charge is 2.56. The zero-order chi connectivity index (χ0) is 17.0. The molecule has 3 aliphatic rings. The molecule has 2 aromatic carbocycles. The molecule has 0 N–H and O–H groups in total. The Morgan fingerprint density at radius 2 is 1.92 bits per heavy atom. The van der Waals surface area contributed by atoms with Gasteiger partial charge in [0.2, 0.25) is 5.91 Å². The highest BCUT2D eigenvalue weighted by Crippen LogP contribution is 2.46. The molecule has 1 fully saturated rings. The van der Waals surface area contributed by atoms with E-state index >= 15 is 0 Å². The van der Waals surface area contributed by atoms with Gasteiger partial charge < -0.3 is 14.5 Å². The number of para-hydroxylation sites is 1. The molecule has 3 aliphatic heterocycles. The van der Waals surface area contributed by atoms with Crippen molar-refractivity contribution in [3.63, 3.8) is 0 Å². The van der Waals surface area contributed by atoms with Crippen LogP contribution in [0.4, 0.5) is 0 Å². The zero-order valence-corrected chi connectivity index (χ0v) is 14.0. The minimum absolute atomic E-state index is 0.0431. The standard InChI is InChI=1S/C19H15ClN2O3/c20-12-7-5-11(6-8-12)16-15-18(25-21-16)17-13-3-1-2-4-14(13)24-10-9-22(17)19(15)23/h1-8,15,17-18H,9-10H2/t15-,17-,18+/m1/s1. The smallest absolute Gasteiger partial charge is 0.236 e. The molecule has 5 rings (SSSR count). The second-order valence-electron chi connectivity index (χ2n) is 6.39. The van der Waals surface area contributed by atoms with E-state index in [1.165, 1.54) is 0 Å². The quantitative estimate of drug-likeness (QED) is 0.791. The van der Waals surface area contributed by atoms with Gasteiger partial charge in [-0.3, -0.25) is 4.79 Å². The fourth-order valence-electron chi connectivity index (χ4n) is 3.94. The predicted molar refractivity (Wildman–Crippen MR) is 92.7 cm³/mol. The van der Waals surface area contributed by atoms with Crippen molar-refractivity contribution in [2.45, 2.75) is 12.1 Å². The van der Waals surface area contributed by atoms with Gasteiger partial charge in [-0.05, 0) is 18.2 Å². The second kappa shape index (κ2) is 5.49. The van der Waals surface area contributed by atoms with Gasteiger partial charge >= 0.3 is 0 Å². The Kier molecular flexibility index (Phi) is 3.25. The van der Waals surface area contributed by atoms with Crippen LogP contribution < -0.4 is 4.74 Å². The van der Waals surface area contributed by atoms with Crippen molar-refractivity contribution in [1.29, 1.82) is 0 Å². The van der Waals surface area contributed by atoms with E-state index in [0.717, 1.165) is 16.9 Å². The second-order valence-corrected chi connectivity index (χ2v) is 6.83. The fraction of sp³-hybridized carbons (Fsp3) is 0.263. The Hall–Kier alpha value is -2.53. The molecule has 0 saturated carbocycles. The summed E-state index contributed by atoms with van der Waals surface area (Å²) in [5, 5.41) is 4.90. The van der Waals surface area contributed by atoms with Crippen LogP contribution in [0.15, 0.2) is 53.7 Å². The number of rotatable bonds is 1. The molecule has 1 amide bonds. The molecule has 1 saturated heterocycles. The molecule has 5 nitrogen and oxygen atoms in total. The van der Waals surface area contributed by atoms with Crippen LogP contribution in [0.5, 0.6) is 5.75 Å². The van der Waals surface area contributed by atoms with Gasteiger partial charge in [0.1, 0.15) is 30.0 Å². The third kappa shape index (κ3) is 2.15. The fourth-order valence-corrected chi connectivity index (χ4v) is 4.06. The minimum atomic E-state index is -0.391. The van der Waals surface area contributed by atoms with Crippen LogP contribution in [0, 0.1) is 5.92 Å².